The average molecular weight is 298 g/mol. The maximum atomic E-state index is 5.70. The van der Waals surface area contributed by atoms with Gasteiger partial charge < -0.3 is 14.8 Å². The van der Waals surface area contributed by atoms with Gasteiger partial charge in [0.2, 0.25) is 0 Å². The van der Waals surface area contributed by atoms with Gasteiger partial charge in [0.15, 0.2) is 6.79 Å². The smallest absolute Gasteiger partial charge is 0.189 e. The van der Waals surface area contributed by atoms with E-state index in [1.165, 1.54) is 12.0 Å². The molecule has 1 N–H and O–H groups in total. The summed E-state index contributed by atoms with van der Waals surface area (Å²) in [6.07, 6.45) is 2.37. The summed E-state index contributed by atoms with van der Waals surface area (Å²) in [5.41, 5.74) is 2.42. The number of ether oxygens (including phenoxy) is 2. The largest absolute Gasteiger partial charge is 0.467 e. The normalized spacial score (nSPS) is 27.6. The molecule has 1 aromatic carbocycles. The van der Waals surface area contributed by atoms with Crippen LogP contribution in [0.1, 0.15) is 30.9 Å². The molecule has 2 heterocycles. The highest BCUT2D eigenvalue weighted by atomic mass is 79.9. The summed E-state index contributed by atoms with van der Waals surface area (Å²) in [7, 11) is 0. The first-order chi connectivity index (χ1) is 8.19. The van der Waals surface area contributed by atoms with Gasteiger partial charge in [0, 0.05) is 21.1 Å². The third kappa shape index (κ3) is 1.98. The number of hydrogen-bond donors (Lipinski definition) is 1. The van der Waals surface area contributed by atoms with Crippen LogP contribution >= 0.6 is 15.9 Å². The first-order valence-electron chi connectivity index (χ1n) is 5.97. The predicted molar refractivity (Wildman–Crippen MR) is 69.0 cm³/mol. The first-order valence-corrected chi connectivity index (χ1v) is 6.77. The minimum Gasteiger partial charge on any atom is -0.467 e. The quantitative estimate of drug-likeness (QED) is 0.865. The van der Waals surface area contributed by atoms with Crippen molar-refractivity contribution in [3.05, 3.63) is 27.7 Å². The molecule has 0 spiro atoms. The summed E-state index contributed by atoms with van der Waals surface area (Å²) in [5, 5.41) is 3.58. The van der Waals surface area contributed by atoms with E-state index in [1.54, 1.807) is 0 Å². The lowest BCUT2D eigenvalue weighted by Crippen LogP contribution is -2.34. The third-order valence-electron chi connectivity index (χ3n) is 3.64. The van der Waals surface area contributed by atoms with E-state index in [0.717, 1.165) is 28.8 Å². The molecule has 1 unspecified atom stereocenters. The fraction of sp³-hybridized carbons (Fsp3) is 0.538. The highest BCUT2D eigenvalue weighted by Gasteiger charge is 2.34. The van der Waals surface area contributed by atoms with Crippen LogP contribution in [0.25, 0.3) is 0 Å². The van der Waals surface area contributed by atoms with Crippen molar-refractivity contribution >= 4 is 15.9 Å². The van der Waals surface area contributed by atoms with E-state index in [2.05, 4.69) is 40.3 Å². The summed E-state index contributed by atoms with van der Waals surface area (Å²) in [4.78, 5) is 0. The maximum Gasteiger partial charge on any atom is 0.189 e. The van der Waals surface area contributed by atoms with Gasteiger partial charge in [-0.25, -0.2) is 0 Å². The van der Waals surface area contributed by atoms with Crippen molar-refractivity contribution in [1.82, 2.24) is 5.32 Å². The van der Waals surface area contributed by atoms with Crippen LogP contribution < -0.4 is 10.1 Å². The van der Waals surface area contributed by atoms with E-state index in [9.17, 15) is 0 Å². The molecule has 1 aromatic rings. The molecule has 0 aromatic heterocycles. The minimum atomic E-state index is 0.0329. The van der Waals surface area contributed by atoms with Gasteiger partial charge in [-0.2, -0.15) is 0 Å². The molecule has 2 aliphatic heterocycles. The summed E-state index contributed by atoms with van der Waals surface area (Å²) in [6, 6.07) is 4.25. The Hall–Kier alpha value is -0.580. The van der Waals surface area contributed by atoms with Gasteiger partial charge in [-0.3, -0.25) is 0 Å². The molecule has 3 rings (SSSR count). The minimum absolute atomic E-state index is 0.0329. The van der Waals surface area contributed by atoms with Crippen LogP contribution in [0, 0.1) is 0 Å². The molecule has 0 amide bonds. The Morgan fingerprint density at radius 2 is 2.29 bits per heavy atom. The average Bonchev–Trinajstić information content (AvgIpc) is 2.76. The molecule has 0 aliphatic carbocycles. The van der Waals surface area contributed by atoms with Crippen LogP contribution in [-0.2, 0) is 16.9 Å². The molecular weight excluding hydrogens is 282 g/mol. The zero-order valence-electron chi connectivity index (χ0n) is 9.88. The summed E-state index contributed by atoms with van der Waals surface area (Å²) in [6.45, 7) is 4.32. The highest BCUT2D eigenvalue weighted by molar-refractivity contribution is 9.10. The van der Waals surface area contributed by atoms with Crippen molar-refractivity contribution in [2.24, 2.45) is 0 Å². The van der Waals surface area contributed by atoms with Crippen molar-refractivity contribution in [1.29, 1.82) is 0 Å². The van der Waals surface area contributed by atoms with Crippen molar-refractivity contribution in [2.75, 3.05) is 13.3 Å². The second kappa shape index (κ2) is 4.26. The van der Waals surface area contributed by atoms with Crippen LogP contribution in [-0.4, -0.2) is 13.3 Å². The Labute approximate surface area is 110 Å². The zero-order valence-corrected chi connectivity index (χ0v) is 11.5. The maximum absolute atomic E-state index is 5.70. The summed E-state index contributed by atoms with van der Waals surface area (Å²) >= 11 is 3.57. The molecule has 0 saturated carbocycles. The second-order valence-corrected chi connectivity index (χ2v) is 5.83. The molecule has 0 radical (unpaired) electrons. The lowest BCUT2D eigenvalue weighted by Gasteiger charge is -2.30. The fourth-order valence-corrected chi connectivity index (χ4v) is 3.22. The highest BCUT2D eigenvalue weighted by Crippen LogP contribution is 2.41. The van der Waals surface area contributed by atoms with Crippen LogP contribution in [0.3, 0.4) is 0 Å². The Balaban J connectivity index is 2.11. The standard InChI is InChI=1S/C13H16BrNO2/c1-13(3-2-4-15-13)11-6-10(14)5-9-7-16-8-17-12(9)11/h5-6,15H,2-4,7-8H2,1H3. The van der Waals surface area contributed by atoms with Gasteiger partial charge in [-0.1, -0.05) is 15.9 Å². The number of hydrogen-bond acceptors (Lipinski definition) is 3. The predicted octanol–water partition coefficient (Wildman–Crippen LogP) is 2.91. The first kappa shape index (κ1) is 11.5. The second-order valence-electron chi connectivity index (χ2n) is 4.91. The van der Waals surface area contributed by atoms with Crippen LogP contribution in [0.2, 0.25) is 0 Å². The van der Waals surface area contributed by atoms with Crippen molar-refractivity contribution in [3.63, 3.8) is 0 Å². The number of halogens is 1. The van der Waals surface area contributed by atoms with Gasteiger partial charge in [0.1, 0.15) is 5.75 Å². The number of nitrogens with one attached hydrogen (secondary N) is 1. The molecular formula is C13H16BrNO2. The third-order valence-corrected chi connectivity index (χ3v) is 4.10. The Kier molecular flexibility index (Phi) is 2.89. The lowest BCUT2D eigenvalue weighted by atomic mass is 9.88. The lowest BCUT2D eigenvalue weighted by molar-refractivity contribution is -0.0179. The van der Waals surface area contributed by atoms with Gasteiger partial charge in [0.05, 0.1) is 6.61 Å². The molecule has 1 atom stereocenters. The molecule has 92 valence electrons. The zero-order chi connectivity index (χ0) is 11.9. The van der Waals surface area contributed by atoms with Crippen molar-refractivity contribution in [3.8, 4) is 5.75 Å². The number of benzene rings is 1. The SMILES string of the molecule is CC1(c2cc(Br)cc3c2OCOC3)CCCN1. The Morgan fingerprint density at radius 3 is 3.06 bits per heavy atom. The van der Waals surface area contributed by atoms with Crippen LogP contribution in [0.4, 0.5) is 0 Å². The monoisotopic (exact) mass is 297 g/mol. The summed E-state index contributed by atoms with van der Waals surface area (Å²) in [5.74, 6) is 1.01. The Bertz CT molecular complexity index is 441. The van der Waals surface area contributed by atoms with E-state index in [1.807, 2.05) is 0 Å². The molecule has 1 fully saturated rings. The topological polar surface area (TPSA) is 30.5 Å². The molecule has 1 saturated heterocycles. The van der Waals surface area contributed by atoms with E-state index in [-0.39, 0.29) is 5.54 Å². The number of fused-ring (bicyclic) bond motifs is 1. The van der Waals surface area contributed by atoms with E-state index >= 15 is 0 Å². The van der Waals surface area contributed by atoms with Gasteiger partial charge in [0.25, 0.3) is 0 Å². The van der Waals surface area contributed by atoms with E-state index in [0.29, 0.717) is 13.4 Å². The molecule has 0 bridgehead atoms. The van der Waals surface area contributed by atoms with Gasteiger partial charge >= 0.3 is 0 Å². The molecule has 3 nitrogen and oxygen atoms in total. The van der Waals surface area contributed by atoms with Crippen LogP contribution in [0.15, 0.2) is 16.6 Å². The Morgan fingerprint density at radius 1 is 1.41 bits per heavy atom. The van der Waals surface area contributed by atoms with Crippen molar-refractivity contribution < 1.29 is 9.47 Å². The van der Waals surface area contributed by atoms with Gasteiger partial charge in [-0.15, -0.1) is 0 Å². The summed E-state index contributed by atoms with van der Waals surface area (Å²) < 4.78 is 12.1. The number of rotatable bonds is 1. The van der Waals surface area contributed by atoms with Crippen LogP contribution in [0.5, 0.6) is 5.75 Å². The molecule has 4 heteroatoms. The van der Waals surface area contributed by atoms with E-state index < -0.39 is 0 Å². The van der Waals surface area contributed by atoms with E-state index in [4.69, 9.17) is 9.47 Å². The molecule has 2 aliphatic rings. The fourth-order valence-electron chi connectivity index (χ4n) is 2.71. The van der Waals surface area contributed by atoms with Crippen molar-refractivity contribution in [2.45, 2.75) is 31.9 Å². The van der Waals surface area contributed by atoms with Gasteiger partial charge in [-0.05, 0) is 38.4 Å². The molecule has 17 heavy (non-hydrogen) atoms.